The first-order valence-electron chi connectivity index (χ1n) is 7.90. The molecule has 1 aromatic carbocycles. The highest BCUT2D eigenvalue weighted by Crippen LogP contribution is 2.36. The molecule has 0 aromatic heterocycles. The SMILES string of the molecule is COC(=O)C1=C(C(=O)OC)N(c2cc(OS(=O)(=O)C(F)(F)F)c(C)cc2F)COC1. The van der Waals surface area contributed by atoms with E-state index < -0.39 is 63.9 Å². The predicted molar refractivity (Wildman–Crippen MR) is 91.1 cm³/mol. The van der Waals surface area contributed by atoms with E-state index >= 15 is 0 Å². The Hall–Kier alpha value is -2.87. The summed E-state index contributed by atoms with van der Waals surface area (Å²) in [5.74, 6) is -4.01. The summed E-state index contributed by atoms with van der Waals surface area (Å²) >= 11 is 0. The molecule has 2 rings (SSSR count). The van der Waals surface area contributed by atoms with Crippen molar-refractivity contribution in [2.75, 3.05) is 32.5 Å². The van der Waals surface area contributed by atoms with Gasteiger partial charge in [0.15, 0.2) is 0 Å². The second-order valence-electron chi connectivity index (χ2n) is 5.77. The van der Waals surface area contributed by atoms with Gasteiger partial charge < -0.3 is 23.3 Å². The van der Waals surface area contributed by atoms with Crippen LogP contribution < -0.4 is 9.08 Å². The number of benzene rings is 1. The third-order valence-electron chi connectivity index (χ3n) is 3.85. The van der Waals surface area contributed by atoms with Gasteiger partial charge in [0.1, 0.15) is 24.0 Å². The molecule has 0 radical (unpaired) electrons. The number of carbonyl (C=O) groups is 2. The summed E-state index contributed by atoms with van der Waals surface area (Å²) in [5, 5.41) is 0. The third-order valence-corrected chi connectivity index (χ3v) is 4.82. The zero-order valence-corrected chi connectivity index (χ0v) is 16.5. The molecule has 0 amide bonds. The molecule has 0 fully saturated rings. The van der Waals surface area contributed by atoms with Crippen molar-refractivity contribution in [2.45, 2.75) is 12.4 Å². The number of anilines is 1. The van der Waals surface area contributed by atoms with Gasteiger partial charge in [0.05, 0.1) is 32.1 Å². The van der Waals surface area contributed by atoms with E-state index in [4.69, 9.17) is 4.74 Å². The van der Waals surface area contributed by atoms with Crippen molar-refractivity contribution >= 4 is 27.7 Å². The minimum Gasteiger partial charge on any atom is -0.466 e. The zero-order valence-electron chi connectivity index (χ0n) is 15.7. The second-order valence-corrected chi connectivity index (χ2v) is 7.31. The Morgan fingerprint density at radius 2 is 1.73 bits per heavy atom. The van der Waals surface area contributed by atoms with Gasteiger partial charge in [0, 0.05) is 6.07 Å². The standard InChI is InChI=1S/C16H15F4NO8S/c1-8-4-10(17)11(5-12(8)29-30(24,25)16(18,19)20)21-7-28-6-9(14(22)26-2)13(21)15(23)27-3/h4-5H,6-7H2,1-3H3. The number of esters is 2. The monoisotopic (exact) mass is 457 g/mol. The molecule has 0 spiro atoms. The molecule has 1 aliphatic rings. The number of halogens is 4. The Morgan fingerprint density at radius 3 is 2.27 bits per heavy atom. The van der Waals surface area contributed by atoms with E-state index in [-0.39, 0.29) is 11.1 Å². The van der Waals surface area contributed by atoms with E-state index in [1.807, 2.05) is 0 Å². The highest BCUT2D eigenvalue weighted by molar-refractivity contribution is 7.88. The summed E-state index contributed by atoms with van der Waals surface area (Å²) in [6.07, 6.45) is 0. The average Bonchev–Trinajstić information content (AvgIpc) is 2.67. The fourth-order valence-electron chi connectivity index (χ4n) is 2.44. The van der Waals surface area contributed by atoms with E-state index in [1.54, 1.807) is 0 Å². The minimum atomic E-state index is -6.05. The maximum atomic E-state index is 14.6. The molecule has 1 aromatic rings. The highest BCUT2D eigenvalue weighted by Gasteiger charge is 2.49. The number of aryl methyl sites for hydroxylation is 1. The van der Waals surface area contributed by atoms with Gasteiger partial charge in [-0.25, -0.2) is 14.0 Å². The number of rotatable bonds is 5. The number of alkyl halides is 3. The van der Waals surface area contributed by atoms with E-state index in [0.29, 0.717) is 12.1 Å². The van der Waals surface area contributed by atoms with Crippen molar-refractivity contribution in [3.05, 3.63) is 34.8 Å². The Labute approximate surface area is 167 Å². The molecular formula is C16H15F4NO8S. The maximum absolute atomic E-state index is 14.6. The molecule has 14 heteroatoms. The van der Waals surface area contributed by atoms with Crippen molar-refractivity contribution in [3.63, 3.8) is 0 Å². The summed E-state index contributed by atoms with van der Waals surface area (Å²) in [6.45, 7) is 0.195. The average molecular weight is 457 g/mol. The van der Waals surface area contributed by atoms with Crippen LogP contribution in [0.5, 0.6) is 5.75 Å². The van der Waals surface area contributed by atoms with Crippen molar-refractivity contribution < 1.29 is 54.0 Å². The fourth-order valence-corrected chi connectivity index (χ4v) is 2.95. The van der Waals surface area contributed by atoms with E-state index in [1.165, 1.54) is 0 Å². The lowest BCUT2D eigenvalue weighted by Crippen LogP contribution is -2.39. The van der Waals surface area contributed by atoms with E-state index in [0.717, 1.165) is 26.0 Å². The number of hydrogen-bond acceptors (Lipinski definition) is 9. The number of methoxy groups -OCH3 is 2. The first-order chi connectivity index (χ1) is 13.8. The molecule has 0 atom stereocenters. The van der Waals surface area contributed by atoms with Gasteiger partial charge in [0.2, 0.25) is 0 Å². The summed E-state index contributed by atoms with van der Waals surface area (Å²) in [7, 11) is -4.05. The quantitative estimate of drug-likeness (QED) is 0.283. The van der Waals surface area contributed by atoms with Gasteiger partial charge in [-0.05, 0) is 18.6 Å². The van der Waals surface area contributed by atoms with Crippen molar-refractivity contribution in [1.82, 2.24) is 0 Å². The van der Waals surface area contributed by atoms with Gasteiger partial charge >= 0.3 is 27.6 Å². The molecular weight excluding hydrogens is 442 g/mol. The Kier molecular flexibility index (Phi) is 6.61. The van der Waals surface area contributed by atoms with Crippen LogP contribution in [0.4, 0.5) is 23.2 Å². The van der Waals surface area contributed by atoms with Crippen LogP contribution in [0.1, 0.15) is 5.56 Å². The van der Waals surface area contributed by atoms with Gasteiger partial charge in [-0.2, -0.15) is 21.6 Å². The number of ether oxygens (including phenoxy) is 3. The largest absolute Gasteiger partial charge is 0.534 e. The Bertz CT molecular complexity index is 1000. The van der Waals surface area contributed by atoms with Crippen LogP contribution in [-0.4, -0.2) is 53.4 Å². The first kappa shape index (κ1) is 23.4. The highest BCUT2D eigenvalue weighted by atomic mass is 32.2. The van der Waals surface area contributed by atoms with Gasteiger partial charge in [-0.3, -0.25) is 0 Å². The molecule has 166 valence electrons. The topological polar surface area (TPSA) is 108 Å². The summed E-state index contributed by atoms with van der Waals surface area (Å²) in [6, 6.07) is 1.32. The number of hydrogen-bond donors (Lipinski definition) is 0. The Balaban J connectivity index is 2.65. The minimum absolute atomic E-state index is 0.279. The molecule has 30 heavy (non-hydrogen) atoms. The Morgan fingerprint density at radius 1 is 1.13 bits per heavy atom. The molecule has 0 aliphatic carbocycles. The van der Waals surface area contributed by atoms with Gasteiger partial charge in [0.25, 0.3) is 0 Å². The van der Waals surface area contributed by atoms with Crippen LogP contribution in [-0.2, 0) is 33.9 Å². The third kappa shape index (κ3) is 4.48. The smallest absolute Gasteiger partial charge is 0.466 e. The van der Waals surface area contributed by atoms with E-state index in [9.17, 15) is 35.6 Å². The lowest BCUT2D eigenvalue weighted by molar-refractivity contribution is -0.140. The lowest BCUT2D eigenvalue weighted by Gasteiger charge is -2.31. The molecule has 0 saturated heterocycles. The van der Waals surface area contributed by atoms with E-state index in [2.05, 4.69) is 13.7 Å². The number of carbonyl (C=O) groups excluding carboxylic acids is 2. The number of nitrogens with zero attached hydrogens (tertiary/aromatic N) is 1. The van der Waals surface area contributed by atoms with Crippen LogP contribution in [0.15, 0.2) is 23.4 Å². The molecule has 9 nitrogen and oxygen atoms in total. The maximum Gasteiger partial charge on any atom is 0.534 e. The molecule has 0 unspecified atom stereocenters. The van der Waals surface area contributed by atoms with Crippen molar-refractivity contribution in [2.24, 2.45) is 0 Å². The molecule has 0 bridgehead atoms. The van der Waals surface area contributed by atoms with Crippen LogP contribution in [0.3, 0.4) is 0 Å². The first-order valence-corrected chi connectivity index (χ1v) is 9.30. The molecule has 1 aliphatic heterocycles. The summed E-state index contributed by atoms with van der Waals surface area (Å²) in [4.78, 5) is 25.0. The summed E-state index contributed by atoms with van der Waals surface area (Å²) in [5.41, 5.74) is -7.45. The van der Waals surface area contributed by atoms with Crippen LogP contribution in [0.2, 0.25) is 0 Å². The molecule has 0 saturated carbocycles. The van der Waals surface area contributed by atoms with Crippen LogP contribution in [0, 0.1) is 12.7 Å². The van der Waals surface area contributed by atoms with Crippen LogP contribution >= 0.6 is 0 Å². The summed E-state index contributed by atoms with van der Waals surface area (Å²) < 4.78 is 93.5. The normalized spacial score (nSPS) is 15.1. The molecule has 1 heterocycles. The predicted octanol–water partition coefficient (Wildman–Crippen LogP) is 1.76. The van der Waals surface area contributed by atoms with Crippen molar-refractivity contribution in [3.8, 4) is 5.75 Å². The zero-order chi connectivity index (χ0) is 22.9. The second kappa shape index (κ2) is 8.47. The lowest BCUT2D eigenvalue weighted by atomic mass is 10.1. The van der Waals surface area contributed by atoms with Crippen LogP contribution in [0.25, 0.3) is 0 Å². The fraction of sp³-hybridized carbons (Fsp3) is 0.375. The van der Waals surface area contributed by atoms with Gasteiger partial charge in [-0.1, -0.05) is 0 Å². The van der Waals surface area contributed by atoms with Gasteiger partial charge in [-0.15, -0.1) is 0 Å². The molecule has 0 N–H and O–H groups in total. The van der Waals surface area contributed by atoms with Crippen molar-refractivity contribution in [1.29, 1.82) is 0 Å².